The number of rotatable bonds is 23. The number of ketones is 1. The first-order valence-corrected chi connectivity index (χ1v) is 22.3. The van der Waals surface area contributed by atoms with Crippen molar-refractivity contribution in [1.82, 2.24) is 30.3 Å². The molecule has 5 amide bonds. The molecule has 1 aliphatic heterocycles. The van der Waals surface area contributed by atoms with Crippen molar-refractivity contribution in [2.45, 2.75) is 128 Å². The number of benzene rings is 1. The van der Waals surface area contributed by atoms with Crippen molar-refractivity contribution in [3.05, 3.63) is 47.7 Å². The van der Waals surface area contributed by atoms with Gasteiger partial charge in [-0.15, -0.1) is 11.8 Å². The normalized spacial score (nSPS) is 17.3. The lowest BCUT2D eigenvalue weighted by Gasteiger charge is -2.39. The molecule has 0 bridgehead atoms. The number of nitrogens with one attached hydrogen (secondary N) is 3. The molecule has 2 heterocycles. The van der Waals surface area contributed by atoms with Gasteiger partial charge in [-0.25, -0.2) is 4.79 Å². The Morgan fingerprint density at radius 3 is 2.19 bits per heavy atom. The fourth-order valence-electron chi connectivity index (χ4n) is 7.84. The Kier molecular flexibility index (Phi) is 18.3. The van der Waals surface area contributed by atoms with Gasteiger partial charge < -0.3 is 41.4 Å². The average molecular weight is 898 g/mol. The number of aryl methyl sites for hydroxylation is 1. The number of aromatic nitrogens is 1. The molecule has 2 aromatic rings. The van der Waals surface area contributed by atoms with E-state index in [9.17, 15) is 43.5 Å². The average Bonchev–Trinajstić information content (AvgIpc) is 3.69. The summed E-state index contributed by atoms with van der Waals surface area (Å²) in [7, 11) is 5.27. The summed E-state index contributed by atoms with van der Waals surface area (Å²) in [5, 5.41) is 27.9. The summed E-state index contributed by atoms with van der Waals surface area (Å²) < 4.78 is 2.03. The van der Waals surface area contributed by atoms with Crippen molar-refractivity contribution < 1.29 is 48.6 Å². The number of carboxylic acids is 2. The summed E-state index contributed by atoms with van der Waals surface area (Å²) in [5.41, 5.74) is 6.23. The Morgan fingerprint density at radius 1 is 0.984 bits per heavy atom. The summed E-state index contributed by atoms with van der Waals surface area (Å²) >= 11 is 0.997. The highest BCUT2D eigenvalue weighted by Gasteiger charge is 2.43. The number of imide groups is 1. The van der Waals surface area contributed by atoms with E-state index in [2.05, 4.69) is 16.0 Å². The van der Waals surface area contributed by atoms with Crippen LogP contribution in [0.1, 0.15) is 93.1 Å². The van der Waals surface area contributed by atoms with Crippen LogP contribution in [0.25, 0.3) is 10.9 Å². The number of likely N-dealkylation sites (N-methyl/N-ethyl adjacent to an activating group) is 2. The van der Waals surface area contributed by atoms with Gasteiger partial charge in [0.25, 0.3) is 0 Å². The number of carbonyl (C=O) groups is 8. The molecule has 1 fully saturated rings. The van der Waals surface area contributed by atoms with Gasteiger partial charge in [-0.2, -0.15) is 0 Å². The molecule has 18 heteroatoms. The predicted octanol–water partition coefficient (Wildman–Crippen LogP) is 2.98. The zero-order chi connectivity index (χ0) is 47.7. The molecule has 7 N–H and O–H groups in total. The minimum absolute atomic E-state index is 0.0219. The van der Waals surface area contributed by atoms with Crippen LogP contribution in [0, 0.1) is 11.3 Å². The molecule has 63 heavy (non-hydrogen) atoms. The SMILES string of the molecule is CN[C@H](C(=O)N[C@H](C(=O)N(C)[C@H](/C=C(\C)C(=O)N[C@@H](CCC(=O)CCCN1C(=O)CC(SC[C@H](N)C(=O)O)C1=O)C(=O)O)C(C)C)C(C)(C)C)C(C)(C)c1cn(C)c2ccccc12. The van der Waals surface area contributed by atoms with Gasteiger partial charge in [0.05, 0.1) is 17.3 Å². The van der Waals surface area contributed by atoms with Crippen LogP contribution < -0.4 is 21.7 Å². The van der Waals surface area contributed by atoms with Crippen LogP contribution in [-0.4, -0.2) is 134 Å². The molecule has 0 saturated carbocycles. The molecule has 1 saturated heterocycles. The number of amides is 5. The standard InChI is InChI=1S/C45H67N7O10S/c1-25(2)33(51(11)41(58)37(44(4,5)6)49-39(56)36(47-9)45(7,8)29-23-50(10)32-17-13-12-16-28(29)32)21-26(3)38(55)48-31(43(61)62)19-18-27(53)15-14-20-52-35(54)22-34(40(52)57)63-24-30(46)42(59)60/h12-13,16-17,21,23,25,30-31,33-34,36-37,47H,14-15,18-20,22,24,46H2,1-11H3,(H,48,55)(H,49,56)(H,59,60)(H,61,62)/b26-21+/t30-,31-,33+,34?,36+,37+/m0/s1. The second-order valence-electron chi connectivity index (χ2n) is 18.4. The van der Waals surface area contributed by atoms with E-state index in [0.717, 1.165) is 33.1 Å². The van der Waals surface area contributed by atoms with Gasteiger partial charge in [0.15, 0.2) is 0 Å². The molecule has 0 spiro atoms. The Hall–Kier alpha value is -5.07. The first kappa shape index (κ1) is 52.3. The van der Waals surface area contributed by atoms with E-state index in [1.807, 2.05) is 90.5 Å². The Labute approximate surface area is 374 Å². The number of fused-ring (bicyclic) bond motifs is 1. The van der Waals surface area contributed by atoms with E-state index < -0.39 is 75.9 Å². The number of hydrogen-bond acceptors (Lipinski definition) is 11. The first-order valence-electron chi connectivity index (χ1n) is 21.2. The van der Waals surface area contributed by atoms with Gasteiger partial charge in [0.2, 0.25) is 29.5 Å². The zero-order valence-corrected chi connectivity index (χ0v) is 39.3. The number of carboxylic acid groups (broad SMARTS) is 2. The summed E-state index contributed by atoms with van der Waals surface area (Å²) in [6.07, 6.45) is 3.23. The summed E-state index contributed by atoms with van der Waals surface area (Å²) in [4.78, 5) is 106. The molecule has 0 radical (unpaired) electrons. The second kappa shape index (κ2) is 22.0. The van der Waals surface area contributed by atoms with Gasteiger partial charge in [-0.3, -0.25) is 38.5 Å². The van der Waals surface area contributed by atoms with Gasteiger partial charge in [0, 0.05) is 73.7 Å². The van der Waals surface area contributed by atoms with Crippen molar-refractivity contribution in [2.24, 2.45) is 24.1 Å². The minimum Gasteiger partial charge on any atom is -0.480 e. The summed E-state index contributed by atoms with van der Waals surface area (Å²) in [6, 6.07) is 3.07. The number of likely N-dealkylation sites (tertiary alicyclic amines) is 1. The van der Waals surface area contributed by atoms with E-state index in [4.69, 9.17) is 10.8 Å². The van der Waals surface area contributed by atoms with E-state index in [-0.39, 0.29) is 73.5 Å². The quantitative estimate of drug-likeness (QED) is 0.0695. The van der Waals surface area contributed by atoms with Gasteiger partial charge in [0.1, 0.15) is 23.9 Å². The molecule has 1 aromatic carbocycles. The number of para-hydroxylation sites is 1. The Balaban J connectivity index is 1.65. The van der Waals surface area contributed by atoms with Crippen molar-refractivity contribution in [3.8, 4) is 0 Å². The van der Waals surface area contributed by atoms with Gasteiger partial charge in [-0.05, 0) is 49.8 Å². The van der Waals surface area contributed by atoms with Crippen LogP contribution >= 0.6 is 11.8 Å². The fourth-order valence-corrected chi connectivity index (χ4v) is 8.95. The van der Waals surface area contributed by atoms with Crippen molar-refractivity contribution in [1.29, 1.82) is 0 Å². The third-order valence-electron chi connectivity index (χ3n) is 11.7. The Bertz CT molecular complexity index is 2070. The predicted molar refractivity (Wildman–Crippen MR) is 242 cm³/mol. The maximum atomic E-state index is 14.4. The number of aliphatic carboxylic acids is 2. The fraction of sp³-hybridized carbons (Fsp3) is 0.600. The topological polar surface area (TPSA) is 251 Å². The molecular formula is C45H67N7O10S. The Morgan fingerprint density at radius 2 is 1.62 bits per heavy atom. The first-order chi connectivity index (χ1) is 29.2. The molecule has 1 aliphatic rings. The van der Waals surface area contributed by atoms with Crippen LogP contribution in [-0.2, 0) is 50.8 Å². The van der Waals surface area contributed by atoms with Gasteiger partial charge in [-0.1, -0.05) is 72.7 Å². The van der Waals surface area contributed by atoms with Crippen LogP contribution in [0.4, 0.5) is 0 Å². The van der Waals surface area contributed by atoms with Crippen LogP contribution in [0.15, 0.2) is 42.1 Å². The van der Waals surface area contributed by atoms with E-state index >= 15 is 0 Å². The lowest BCUT2D eigenvalue weighted by Crippen LogP contribution is -2.61. The number of hydrogen-bond donors (Lipinski definition) is 6. The molecule has 348 valence electrons. The van der Waals surface area contributed by atoms with Crippen molar-refractivity contribution in [2.75, 3.05) is 26.4 Å². The smallest absolute Gasteiger partial charge is 0.326 e. The molecule has 17 nitrogen and oxygen atoms in total. The summed E-state index contributed by atoms with van der Waals surface area (Å²) in [6.45, 7) is 14.8. The van der Waals surface area contributed by atoms with Gasteiger partial charge >= 0.3 is 11.9 Å². The maximum absolute atomic E-state index is 14.4. The van der Waals surface area contributed by atoms with Crippen LogP contribution in [0.3, 0.4) is 0 Å². The second-order valence-corrected chi connectivity index (χ2v) is 19.6. The minimum atomic E-state index is -1.41. The van der Waals surface area contributed by atoms with E-state index in [0.29, 0.717) is 0 Å². The molecule has 3 rings (SSSR count). The van der Waals surface area contributed by atoms with Crippen LogP contribution in [0.2, 0.25) is 0 Å². The number of carbonyl (C=O) groups excluding carboxylic acids is 6. The number of nitrogens with two attached hydrogens (primary N) is 1. The number of nitrogens with zero attached hydrogens (tertiary/aromatic N) is 3. The molecule has 6 atom stereocenters. The van der Waals surface area contributed by atoms with E-state index in [1.165, 1.54) is 11.8 Å². The van der Waals surface area contributed by atoms with E-state index in [1.54, 1.807) is 20.2 Å². The number of Topliss-reactive ketones (excluding diaryl/α,β-unsaturated/α-hetero) is 1. The lowest BCUT2D eigenvalue weighted by atomic mass is 9.76. The largest absolute Gasteiger partial charge is 0.480 e. The van der Waals surface area contributed by atoms with Crippen LogP contribution in [0.5, 0.6) is 0 Å². The molecule has 1 unspecified atom stereocenters. The highest BCUT2D eigenvalue weighted by atomic mass is 32.2. The summed E-state index contributed by atoms with van der Waals surface area (Å²) in [5.74, 6) is -5.46. The third-order valence-corrected chi connectivity index (χ3v) is 13.0. The highest BCUT2D eigenvalue weighted by Crippen LogP contribution is 2.35. The number of thioether (sulfide) groups is 1. The molecule has 1 aromatic heterocycles. The maximum Gasteiger partial charge on any atom is 0.326 e. The molecular weight excluding hydrogens is 831 g/mol. The zero-order valence-electron chi connectivity index (χ0n) is 38.4. The monoisotopic (exact) mass is 897 g/mol. The van der Waals surface area contributed by atoms with Crippen molar-refractivity contribution >= 4 is 69.9 Å². The van der Waals surface area contributed by atoms with Crippen molar-refractivity contribution in [3.63, 3.8) is 0 Å². The lowest BCUT2D eigenvalue weighted by molar-refractivity contribution is -0.142. The molecule has 0 aliphatic carbocycles. The highest BCUT2D eigenvalue weighted by molar-refractivity contribution is 8.00. The third kappa shape index (κ3) is 13.2.